The van der Waals surface area contributed by atoms with Gasteiger partial charge in [0.15, 0.2) is 5.75 Å². The Morgan fingerprint density at radius 3 is 2.47 bits per heavy atom. The van der Waals surface area contributed by atoms with Crippen molar-refractivity contribution >= 4 is 5.91 Å². The second kappa shape index (κ2) is 9.21. The van der Waals surface area contributed by atoms with E-state index in [1.807, 2.05) is 0 Å². The zero-order valence-corrected chi connectivity index (χ0v) is 16.9. The van der Waals surface area contributed by atoms with E-state index in [4.69, 9.17) is 9.47 Å². The summed E-state index contributed by atoms with van der Waals surface area (Å²) in [5.74, 6) is 0.0954. The van der Waals surface area contributed by atoms with Gasteiger partial charge in [0.25, 0.3) is 5.56 Å². The molecular weight excluding hydrogens is 389 g/mol. The van der Waals surface area contributed by atoms with E-state index < -0.39 is 23.3 Å². The number of hydrogen-bond donors (Lipinski definition) is 1. The van der Waals surface area contributed by atoms with Crippen LogP contribution in [0.25, 0.3) is 11.3 Å². The molecule has 0 bridgehead atoms. The summed E-state index contributed by atoms with van der Waals surface area (Å²) >= 11 is 0. The van der Waals surface area contributed by atoms with Crippen LogP contribution in [0.4, 0.5) is 4.39 Å². The van der Waals surface area contributed by atoms with Crippen LogP contribution >= 0.6 is 0 Å². The lowest BCUT2D eigenvalue weighted by molar-refractivity contribution is -0.124. The number of nitrogens with zero attached hydrogens (tertiary/aromatic N) is 2. The highest BCUT2D eigenvalue weighted by Gasteiger charge is 2.20. The molecule has 1 amide bonds. The molecule has 0 fully saturated rings. The molecule has 0 unspecified atom stereocenters. The fraction of sp³-hybridized carbons (Fsp3) is 0.227. The molecule has 0 saturated heterocycles. The van der Waals surface area contributed by atoms with Gasteiger partial charge in [-0.3, -0.25) is 9.59 Å². The van der Waals surface area contributed by atoms with Crippen LogP contribution in [0.5, 0.6) is 11.5 Å². The molecule has 8 heteroatoms. The number of methoxy groups -OCH3 is 2. The van der Waals surface area contributed by atoms with Gasteiger partial charge in [0.1, 0.15) is 23.3 Å². The van der Waals surface area contributed by atoms with E-state index in [0.717, 1.165) is 4.68 Å². The van der Waals surface area contributed by atoms with Gasteiger partial charge in [-0.1, -0.05) is 18.2 Å². The van der Waals surface area contributed by atoms with Crippen molar-refractivity contribution < 1.29 is 18.7 Å². The molecule has 1 aromatic heterocycles. The number of nitrogens with one attached hydrogen (secondary N) is 1. The smallest absolute Gasteiger partial charge is 0.271 e. The second-order valence-electron chi connectivity index (χ2n) is 6.56. The summed E-state index contributed by atoms with van der Waals surface area (Å²) in [5, 5.41) is 7.01. The van der Waals surface area contributed by atoms with Gasteiger partial charge in [0.05, 0.1) is 14.2 Å². The molecule has 7 nitrogen and oxygen atoms in total. The van der Waals surface area contributed by atoms with Crippen LogP contribution in [-0.4, -0.2) is 29.9 Å². The zero-order chi connectivity index (χ0) is 21.7. The first-order valence-corrected chi connectivity index (χ1v) is 9.28. The first-order chi connectivity index (χ1) is 14.4. The number of ether oxygens (including phenoxy) is 2. The van der Waals surface area contributed by atoms with E-state index in [2.05, 4.69) is 10.4 Å². The van der Waals surface area contributed by atoms with Gasteiger partial charge in [0.2, 0.25) is 5.91 Å². The largest absolute Gasteiger partial charge is 0.497 e. The Bertz CT molecular complexity index is 1100. The molecule has 3 rings (SSSR count). The molecule has 0 spiro atoms. The highest BCUT2D eigenvalue weighted by Crippen LogP contribution is 2.28. The molecule has 1 heterocycles. The Balaban J connectivity index is 1.87. The van der Waals surface area contributed by atoms with Gasteiger partial charge < -0.3 is 14.8 Å². The van der Waals surface area contributed by atoms with Crippen molar-refractivity contribution in [3.05, 3.63) is 76.3 Å². The summed E-state index contributed by atoms with van der Waals surface area (Å²) in [6, 6.07) is 13.6. The van der Waals surface area contributed by atoms with Crippen LogP contribution in [0.1, 0.15) is 18.5 Å². The maximum absolute atomic E-state index is 13.8. The maximum atomic E-state index is 13.8. The van der Waals surface area contributed by atoms with Crippen LogP contribution in [0.15, 0.2) is 59.4 Å². The van der Waals surface area contributed by atoms with Crippen LogP contribution in [-0.2, 0) is 11.3 Å². The summed E-state index contributed by atoms with van der Waals surface area (Å²) in [4.78, 5) is 25.1. The van der Waals surface area contributed by atoms with E-state index in [-0.39, 0.29) is 6.54 Å². The molecule has 156 valence electrons. The Labute approximate surface area is 173 Å². The van der Waals surface area contributed by atoms with Crippen molar-refractivity contribution in [3.8, 4) is 22.8 Å². The summed E-state index contributed by atoms with van der Waals surface area (Å²) in [6.45, 7) is 1.56. The minimum Gasteiger partial charge on any atom is -0.497 e. The lowest BCUT2D eigenvalue weighted by Crippen LogP contribution is -2.37. The number of carbonyl (C=O) groups is 1. The molecule has 3 aromatic rings. The fourth-order valence-electron chi connectivity index (χ4n) is 2.92. The number of hydrogen-bond acceptors (Lipinski definition) is 5. The maximum Gasteiger partial charge on any atom is 0.271 e. The third kappa shape index (κ3) is 4.48. The first-order valence-electron chi connectivity index (χ1n) is 9.28. The normalized spacial score (nSPS) is 11.6. The molecule has 0 aliphatic heterocycles. The van der Waals surface area contributed by atoms with Crippen LogP contribution < -0.4 is 20.3 Å². The average molecular weight is 411 g/mol. The topological polar surface area (TPSA) is 82.5 Å². The van der Waals surface area contributed by atoms with E-state index in [1.54, 1.807) is 56.5 Å². The fourth-order valence-corrected chi connectivity index (χ4v) is 2.92. The Morgan fingerprint density at radius 2 is 1.83 bits per heavy atom. The molecular formula is C22H22FN3O4. The third-order valence-corrected chi connectivity index (χ3v) is 4.66. The van der Waals surface area contributed by atoms with Gasteiger partial charge in [-0.15, -0.1) is 0 Å². The van der Waals surface area contributed by atoms with Gasteiger partial charge >= 0.3 is 0 Å². The highest BCUT2D eigenvalue weighted by molar-refractivity contribution is 5.79. The predicted octanol–water partition coefficient (Wildman–Crippen LogP) is 2.94. The Morgan fingerprint density at radius 1 is 1.13 bits per heavy atom. The van der Waals surface area contributed by atoms with Gasteiger partial charge in [-0.2, -0.15) is 5.10 Å². The van der Waals surface area contributed by atoms with Crippen LogP contribution in [0.2, 0.25) is 0 Å². The highest BCUT2D eigenvalue weighted by atomic mass is 19.1. The molecule has 1 N–H and O–H groups in total. The Kier molecular flexibility index (Phi) is 6.46. The third-order valence-electron chi connectivity index (χ3n) is 4.66. The quantitative estimate of drug-likeness (QED) is 0.646. The second-order valence-corrected chi connectivity index (χ2v) is 6.56. The number of rotatable bonds is 7. The number of carbonyl (C=O) groups excluding carboxylic acids is 1. The van der Waals surface area contributed by atoms with Gasteiger partial charge in [-0.25, -0.2) is 9.07 Å². The minimum absolute atomic E-state index is 0.00604. The van der Waals surface area contributed by atoms with Crippen molar-refractivity contribution in [2.24, 2.45) is 0 Å². The molecule has 0 aliphatic carbocycles. The van der Waals surface area contributed by atoms with Crippen molar-refractivity contribution in [2.75, 3.05) is 14.2 Å². The standard InChI is InChI=1S/C22H22FN3O4/c1-14(22(28)24-13-16-6-4-5-7-18(16)23)26-20(27)12-19(30-3)21(25-26)15-8-10-17(29-2)11-9-15/h4-12,14H,13H2,1-3H3,(H,24,28)/t14-/m0/s1. The van der Waals surface area contributed by atoms with Crippen LogP contribution in [0, 0.1) is 5.82 Å². The lowest BCUT2D eigenvalue weighted by atomic mass is 10.1. The molecule has 0 aliphatic rings. The zero-order valence-electron chi connectivity index (χ0n) is 16.9. The van der Waals surface area contributed by atoms with E-state index in [0.29, 0.717) is 28.3 Å². The van der Waals surface area contributed by atoms with Crippen molar-refractivity contribution in [2.45, 2.75) is 19.5 Å². The number of halogens is 1. The minimum atomic E-state index is -0.910. The Hall–Kier alpha value is -3.68. The summed E-state index contributed by atoms with van der Waals surface area (Å²) in [6.07, 6.45) is 0. The number of aromatic nitrogens is 2. The van der Waals surface area contributed by atoms with E-state index >= 15 is 0 Å². The average Bonchev–Trinajstić information content (AvgIpc) is 2.77. The lowest BCUT2D eigenvalue weighted by Gasteiger charge is -2.17. The molecule has 2 aromatic carbocycles. The summed E-state index contributed by atoms with van der Waals surface area (Å²) in [5.41, 5.74) is 0.971. The van der Waals surface area contributed by atoms with E-state index in [1.165, 1.54) is 19.2 Å². The van der Waals surface area contributed by atoms with Gasteiger partial charge in [0, 0.05) is 23.7 Å². The van der Waals surface area contributed by atoms with Crippen molar-refractivity contribution in [1.29, 1.82) is 0 Å². The summed E-state index contributed by atoms with van der Waals surface area (Å²) < 4.78 is 25.3. The molecule has 0 saturated carbocycles. The number of amides is 1. The monoisotopic (exact) mass is 411 g/mol. The first kappa shape index (κ1) is 21.0. The van der Waals surface area contributed by atoms with Crippen molar-refractivity contribution in [1.82, 2.24) is 15.1 Å². The molecule has 1 atom stereocenters. The SMILES string of the molecule is COc1ccc(-c2nn([C@@H](C)C(=O)NCc3ccccc3F)c(=O)cc2OC)cc1. The predicted molar refractivity (Wildman–Crippen MR) is 110 cm³/mol. The number of benzene rings is 2. The van der Waals surface area contributed by atoms with Gasteiger partial charge in [-0.05, 0) is 37.3 Å². The molecule has 0 radical (unpaired) electrons. The summed E-state index contributed by atoms with van der Waals surface area (Å²) in [7, 11) is 3.01. The van der Waals surface area contributed by atoms with Crippen LogP contribution in [0.3, 0.4) is 0 Å². The van der Waals surface area contributed by atoms with E-state index in [9.17, 15) is 14.0 Å². The molecule has 30 heavy (non-hydrogen) atoms. The van der Waals surface area contributed by atoms with Crippen molar-refractivity contribution in [3.63, 3.8) is 0 Å².